The number of anilines is 1. The summed E-state index contributed by atoms with van der Waals surface area (Å²) in [6.45, 7) is 0. The standard InChI is InChI=1S/C15H16BrNO3/c1-17-12-7-6-9(16)8-11(12)15(20,14(17)19)10-4-2-3-5-13(10)18/h6-8,10,20H,2-5H2,1H3/t10-,15-/m0/s1. The van der Waals surface area contributed by atoms with Crippen molar-refractivity contribution in [2.45, 2.75) is 31.3 Å². The van der Waals surface area contributed by atoms with Crippen molar-refractivity contribution in [3.05, 3.63) is 28.2 Å². The lowest BCUT2D eigenvalue weighted by Crippen LogP contribution is -2.48. The van der Waals surface area contributed by atoms with E-state index >= 15 is 0 Å². The third-order valence-corrected chi connectivity index (χ3v) is 4.91. The van der Waals surface area contributed by atoms with Crippen molar-refractivity contribution in [3.63, 3.8) is 0 Å². The number of fused-ring (bicyclic) bond motifs is 1. The van der Waals surface area contributed by atoms with Crippen molar-refractivity contribution in [2.24, 2.45) is 5.92 Å². The predicted octanol–water partition coefficient (Wildman–Crippen LogP) is 2.37. The van der Waals surface area contributed by atoms with Crippen molar-refractivity contribution in [3.8, 4) is 0 Å². The molecule has 0 aromatic heterocycles. The number of hydrogen-bond donors (Lipinski definition) is 1. The topological polar surface area (TPSA) is 57.6 Å². The van der Waals surface area contributed by atoms with Gasteiger partial charge < -0.3 is 10.0 Å². The molecule has 1 N–H and O–H groups in total. The third-order valence-electron chi connectivity index (χ3n) is 4.42. The van der Waals surface area contributed by atoms with Crippen molar-refractivity contribution in [2.75, 3.05) is 11.9 Å². The molecule has 1 amide bonds. The van der Waals surface area contributed by atoms with Gasteiger partial charge in [0.2, 0.25) is 0 Å². The molecule has 20 heavy (non-hydrogen) atoms. The minimum Gasteiger partial charge on any atom is -0.375 e. The highest BCUT2D eigenvalue weighted by Gasteiger charge is 2.56. The molecule has 3 rings (SSSR count). The summed E-state index contributed by atoms with van der Waals surface area (Å²) < 4.78 is 0.793. The van der Waals surface area contributed by atoms with Gasteiger partial charge in [-0.15, -0.1) is 0 Å². The maximum Gasteiger partial charge on any atom is 0.264 e. The smallest absolute Gasteiger partial charge is 0.264 e. The van der Waals surface area contributed by atoms with Crippen LogP contribution in [0.2, 0.25) is 0 Å². The Morgan fingerprint density at radius 2 is 2.10 bits per heavy atom. The van der Waals surface area contributed by atoms with Gasteiger partial charge in [0.1, 0.15) is 5.78 Å². The molecule has 0 unspecified atom stereocenters. The van der Waals surface area contributed by atoms with Gasteiger partial charge in [0.15, 0.2) is 5.60 Å². The van der Waals surface area contributed by atoms with Gasteiger partial charge in [0, 0.05) is 23.5 Å². The summed E-state index contributed by atoms with van der Waals surface area (Å²) in [5, 5.41) is 11.1. The van der Waals surface area contributed by atoms with E-state index in [1.807, 2.05) is 6.07 Å². The van der Waals surface area contributed by atoms with Crippen LogP contribution in [0.5, 0.6) is 0 Å². The zero-order valence-corrected chi connectivity index (χ0v) is 12.8. The first kappa shape index (κ1) is 13.8. The summed E-state index contributed by atoms with van der Waals surface area (Å²) in [6, 6.07) is 5.37. The molecule has 0 radical (unpaired) electrons. The SMILES string of the molecule is CN1C(=O)[C@](O)([C@H]2CCCCC2=O)c2cc(Br)ccc21. The number of carbonyl (C=O) groups is 2. The van der Waals surface area contributed by atoms with Crippen LogP contribution in [0.15, 0.2) is 22.7 Å². The van der Waals surface area contributed by atoms with Crippen LogP contribution in [0, 0.1) is 5.92 Å². The van der Waals surface area contributed by atoms with Gasteiger partial charge in [-0.1, -0.05) is 22.4 Å². The molecule has 1 heterocycles. The van der Waals surface area contributed by atoms with Gasteiger partial charge in [-0.3, -0.25) is 9.59 Å². The first-order valence-corrected chi connectivity index (χ1v) is 7.59. The number of Topliss-reactive ketones (excluding diaryl/α,β-unsaturated/α-hetero) is 1. The van der Waals surface area contributed by atoms with Crippen molar-refractivity contribution in [1.29, 1.82) is 0 Å². The maximum atomic E-state index is 12.5. The van der Waals surface area contributed by atoms with Gasteiger partial charge >= 0.3 is 0 Å². The number of benzene rings is 1. The molecule has 2 aliphatic rings. The highest BCUT2D eigenvalue weighted by Crippen LogP contribution is 2.48. The lowest BCUT2D eigenvalue weighted by molar-refractivity contribution is -0.151. The van der Waals surface area contributed by atoms with Gasteiger partial charge in [0.25, 0.3) is 5.91 Å². The van der Waals surface area contributed by atoms with E-state index in [0.29, 0.717) is 24.1 Å². The molecular formula is C15H16BrNO3. The molecule has 1 aliphatic heterocycles. The summed E-state index contributed by atoms with van der Waals surface area (Å²) in [6.07, 6.45) is 2.74. The molecule has 1 aliphatic carbocycles. The molecule has 1 fully saturated rings. The zero-order valence-electron chi connectivity index (χ0n) is 11.2. The Balaban J connectivity index is 2.15. The summed E-state index contributed by atoms with van der Waals surface area (Å²) in [5.74, 6) is -1.03. The largest absolute Gasteiger partial charge is 0.375 e. The van der Waals surface area contributed by atoms with E-state index in [-0.39, 0.29) is 5.78 Å². The van der Waals surface area contributed by atoms with Crippen LogP contribution >= 0.6 is 15.9 Å². The number of halogens is 1. The molecule has 5 heteroatoms. The second-order valence-corrected chi connectivity index (χ2v) is 6.47. The van der Waals surface area contributed by atoms with Crippen molar-refractivity contribution >= 4 is 33.3 Å². The monoisotopic (exact) mass is 337 g/mol. The summed E-state index contributed by atoms with van der Waals surface area (Å²) in [5.41, 5.74) is -0.482. The molecule has 1 aromatic rings. The molecule has 0 saturated heterocycles. The van der Waals surface area contributed by atoms with E-state index in [4.69, 9.17) is 0 Å². The Hall–Kier alpha value is -1.20. The number of amides is 1. The second-order valence-electron chi connectivity index (χ2n) is 5.56. The minimum atomic E-state index is -1.70. The Bertz CT molecular complexity index is 601. The van der Waals surface area contributed by atoms with E-state index in [1.165, 1.54) is 4.90 Å². The van der Waals surface area contributed by atoms with E-state index in [9.17, 15) is 14.7 Å². The van der Waals surface area contributed by atoms with Gasteiger partial charge in [0.05, 0.1) is 11.6 Å². The molecule has 1 saturated carbocycles. The average Bonchev–Trinajstić information content (AvgIpc) is 2.62. The fourth-order valence-corrected chi connectivity index (χ4v) is 3.71. The molecule has 1 aromatic carbocycles. The van der Waals surface area contributed by atoms with E-state index in [0.717, 1.165) is 17.3 Å². The Labute approximate surface area is 125 Å². The Morgan fingerprint density at radius 1 is 1.35 bits per heavy atom. The summed E-state index contributed by atoms with van der Waals surface area (Å²) in [4.78, 5) is 26.2. The lowest BCUT2D eigenvalue weighted by atomic mass is 9.73. The average molecular weight is 338 g/mol. The molecule has 4 nitrogen and oxygen atoms in total. The maximum absolute atomic E-state index is 12.5. The quantitative estimate of drug-likeness (QED) is 0.855. The van der Waals surface area contributed by atoms with Gasteiger partial charge in [-0.25, -0.2) is 0 Å². The minimum absolute atomic E-state index is 0.00618. The van der Waals surface area contributed by atoms with E-state index in [2.05, 4.69) is 15.9 Å². The fourth-order valence-electron chi connectivity index (χ4n) is 3.35. The van der Waals surface area contributed by atoms with Crippen molar-refractivity contribution < 1.29 is 14.7 Å². The van der Waals surface area contributed by atoms with Crippen LogP contribution in [0.4, 0.5) is 5.69 Å². The Morgan fingerprint density at radius 3 is 2.80 bits per heavy atom. The first-order valence-electron chi connectivity index (χ1n) is 6.79. The van der Waals surface area contributed by atoms with Crippen LogP contribution in [0.25, 0.3) is 0 Å². The molecule has 2 atom stereocenters. The number of hydrogen-bond acceptors (Lipinski definition) is 3. The highest BCUT2D eigenvalue weighted by molar-refractivity contribution is 9.10. The van der Waals surface area contributed by atoms with Crippen molar-refractivity contribution in [1.82, 2.24) is 0 Å². The number of nitrogens with zero attached hydrogens (tertiary/aromatic N) is 1. The second kappa shape index (κ2) is 4.67. The number of carbonyl (C=O) groups excluding carboxylic acids is 2. The zero-order chi connectivity index (χ0) is 14.5. The summed E-state index contributed by atoms with van der Waals surface area (Å²) in [7, 11) is 1.64. The number of rotatable bonds is 1. The molecular weight excluding hydrogens is 322 g/mol. The fraction of sp³-hybridized carbons (Fsp3) is 0.467. The molecule has 106 valence electrons. The van der Waals surface area contributed by atoms with Gasteiger partial charge in [-0.2, -0.15) is 0 Å². The van der Waals surface area contributed by atoms with Crippen LogP contribution in [-0.2, 0) is 15.2 Å². The van der Waals surface area contributed by atoms with Gasteiger partial charge in [-0.05, 0) is 31.0 Å². The van der Waals surface area contributed by atoms with Crippen LogP contribution in [0.3, 0.4) is 0 Å². The lowest BCUT2D eigenvalue weighted by Gasteiger charge is -2.33. The molecule has 0 bridgehead atoms. The van der Waals surface area contributed by atoms with Crippen LogP contribution in [-0.4, -0.2) is 23.8 Å². The molecule has 0 spiro atoms. The highest BCUT2D eigenvalue weighted by atomic mass is 79.9. The Kier molecular flexibility index (Phi) is 3.21. The third kappa shape index (κ3) is 1.76. The number of aliphatic hydroxyl groups is 1. The normalized spacial score (nSPS) is 29.8. The van der Waals surface area contributed by atoms with Crippen LogP contribution < -0.4 is 4.90 Å². The van der Waals surface area contributed by atoms with E-state index in [1.54, 1.807) is 19.2 Å². The predicted molar refractivity (Wildman–Crippen MR) is 78.4 cm³/mol. The van der Waals surface area contributed by atoms with E-state index < -0.39 is 17.4 Å². The van der Waals surface area contributed by atoms with Crippen LogP contribution in [0.1, 0.15) is 31.2 Å². The number of ketones is 1. The number of likely N-dealkylation sites (N-methyl/N-ethyl adjacent to an activating group) is 1. The summed E-state index contributed by atoms with van der Waals surface area (Å²) >= 11 is 3.37. The first-order chi connectivity index (χ1) is 9.46.